The third kappa shape index (κ3) is 4.96. The Morgan fingerprint density at radius 2 is 2.05 bits per heavy atom. The predicted molar refractivity (Wildman–Crippen MR) is 72.0 cm³/mol. The highest BCUT2D eigenvalue weighted by molar-refractivity contribution is 5.81. The van der Waals surface area contributed by atoms with E-state index in [4.69, 9.17) is 5.11 Å². The van der Waals surface area contributed by atoms with E-state index < -0.39 is 0 Å². The van der Waals surface area contributed by atoms with Crippen LogP contribution in [0.25, 0.3) is 0 Å². The van der Waals surface area contributed by atoms with E-state index in [9.17, 15) is 9.18 Å². The van der Waals surface area contributed by atoms with Crippen molar-refractivity contribution < 1.29 is 14.3 Å². The average molecular weight is 268 g/mol. The smallest absolute Gasteiger partial charge is 0.237 e. The summed E-state index contributed by atoms with van der Waals surface area (Å²) in [6.45, 7) is 5.33. The lowest BCUT2D eigenvalue weighted by Gasteiger charge is -2.26. The van der Waals surface area contributed by atoms with Gasteiger partial charge in [0.15, 0.2) is 0 Å². The standard InChI is InChI=1S/C14H21FN2O2/c1-3-17(8-9-18)11(2)14(19)16-10-12-4-6-13(15)7-5-12/h4-7,11,18H,3,8-10H2,1-2H3,(H,16,19). The molecule has 5 heteroatoms. The van der Waals surface area contributed by atoms with Gasteiger partial charge in [-0.1, -0.05) is 19.1 Å². The summed E-state index contributed by atoms with van der Waals surface area (Å²) in [6, 6.07) is 5.74. The third-order valence-electron chi connectivity index (χ3n) is 3.10. The van der Waals surface area contributed by atoms with Crippen LogP contribution in [-0.4, -0.2) is 41.7 Å². The summed E-state index contributed by atoms with van der Waals surface area (Å²) in [5.74, 6) is -0.386. The molecule has 0 radical (unpaired) electrons. The Labute approximate surface area is 113 Å². The van der Waals surface area contributed by atoms with E-state index in [0.29, 0.717) is 19.6 Å². The van der Waals surface area contributed by atoms with Gasteiger partial charge >= 0.3 is 0 Å². The molecule has 0 saturated heterocycles. The zero-order chi connectivity index (χ0) is 14.3. The fraction of sp³-hybridized carbons (Fsp3) is 0.500. The Kier molecular flexibility index (Phi) is 6.45. The number of benzene rings is 1. The first kappa shape index (κ1) is 15.6. The molecule has 1 aromatic carbocycles. The minimum Gasteiger partial charge on any atom is -0.395 e. The van der Waals surface area contributed by atoms with Crippen molar-refractivity contribution in [2.24, 2.45) is 0 Å². The molecule has 0 heterocycles. The van der Waals surface area contributed by atoms with Crippen LogP contribution in [0.2, 0.25) is 0 Å². The highest BCUT2D eigenvalue weighted by Gasteiger charge is 2.18. The molecule has 0 aliphatic rings. The first-order valence-electron chi connectivity index (χ1n) is 6.45. The Hall–Kier alpha value is -1.46. The van der Waals surface area contributed by atoms with Crippen molar-refractivity contribution in [3.8, 4) is 0 Å². The van der Waals surface area contributed by atoms with E-state index in [0.717, 1.165) is 5.56 Å². The van der Waals surface area contributed by atoms with Gasteiger partial charge in [0.2, 0.25) is 5.91 Å². The zero-order valence-electron chi connectivity index (χ0n) is 11.4. The zero-order valence-corrected chi connectivity index (χ0v) is 11.4. The normalized spacial score (nSPS) is 12.5. The van der Waals surface area contributed by atoms with E-state index in [2.05, 4.69) is 5.32 Å². The van der Waals surface area contributed by atoms with Gasteiger partial charge in [0.25, 0.3) is 0 Å². The Morgan fingerprint density at radius 3 is 2.58 bits per heavy atom. The molecule has 0 aliphatic carbocycles. The predicted octanol–water partition coefficient (Wildman–Crippen LogP) is 1.14. The van der Waals surface area contributed by atoms with E-state index in [-0.39, 0.29) is 24.4 Å². The van der Waals surface area contributed by atoms with Gasteiger partial charge in [-0.05, 0) is 31.2 Å². The fourth-order valence-electron chi connectivity index (χ4n) is 1.86. The number of hydrogen-bond donors (Lipinski definition) is 2. The molecule has 1 amide bonds. The quantitative estimate of drug-likeness (QED) is 0.780. The molecule has 0 aromatic heterocycles. The second-order valence-corrected chi connectivity index (χ2v) is 4.37. The maximum atomic E-state index is 12.7. The number of nitrogens with zero attached hydrogens (tertiary/aromatic N) is 1. The van der Waals surface area contributed by atoms with Crippen LogP contribution < -0.4 is 5.32 Å². The fourth-order valence-corrected chi connectivity index (χ4v) is 1.86. The Balaban J connectivity index is 2.47. The number of likely N-dealkylation sites (N-methyl/N-ethyl adjacent to an activating group) is 1. The Morgan fingerprint density at radius 1 is 1.42 bits per heavy atom. The largest absolute Gasteiger partial charge is 0.395 e. The lowest BCUT2D eigenvalue weighted by molar-refractivity contribution is -0.126. The number of halogens is 1. The van der Waals surface area contributed by atoms with Crippen molar-refractivity contribution in [1.82, 2.24) is 10.2 Å². The first-order chi connectivity index (χ1) is 9.08. The highest BCUT2D eigenvalue weighted by Crippen LogP contribution is 2.03. The molecule has 0 bridgehead atoms. The summed E-state index contributed by atoms with van der Waals surface area (Å²) in [5.41, 5.74) is 0.854. The van der Waals surface area contributed by atoms with Crippen molar-refractivity contribution >= 4 is 5.91 Å². The van der Waals surface area contributed by atoms with Crippen LogP contribution in [0.4, 0.5) is 4.39 Å². The number of amides is 1. The van der Waals surface area contributed by atoms with Crippen LogP contribution in [0.1, 0.15) is 19.4 Å². The third-order valence-corrected chi connectivity index (χ3v) is 3.10. The Bertz CT molecular complexity index is 395. The summed E-state index contributed by atoms with van der Waals surface area (Å²) < 4.78 is 12.7. The summed E-state index contributed by atoms with van der Waals surface area (Å²) in [4.78, 5) is 13.8. The van der Waals surface area contributed by atoms with E-state index in [1.807, 2.05) is 11.8 Å². The molecule has 4 nitrogen and oxygen atoms in total. The number of carbonyl (C=O) groups is 1. The van der Waals surface area contributed by atoms with Crippen LogP contribution in [0, 0.1) is 5.82 Å². The van der Waals surface area contributed by atoms with Gasteiger partial charge in [0, 0.05) is 13.1 Å². The molecular formula is C14H21FN2O2. The summed E-state index contributed by atoms with van der Waals surface area (Å²) >= 11 is 0. The number of aliphatic hydroxyl groups is 1. The number of rotatable bonds is 7. The van der Waals surface area contributed by atoms with Crippen molar-refractivity contribution in [2.75, 3.05) is 19.7 Å². The molecule has 1 aromatic rings. The summed E-state index contributed by atoms with van der Waals surface area (Å²) in [7, 11) is 0. The van der Waals surface area contributed by atoms with Crippen LogP contribution in [-0.2, 0) is 11.3 Å². The molecule has 0 saturated carbocycles. The van der Waals surface area contributed by atoms with Gasteiger partial charge < -0.3 is 10.4 Å². The SMILES string of the molecule is CCN(CCO)C(C)C(=O)NCc1ccc(F)cc1. The number of aliphatic hydroxyl groups excluding tert-OH is 1. The maximum Gasteiger partial charge on any atom is 0.237 e. The second-order valence-electron chi connectivity index (χ2n) is 4.37. The van der Waals surface area contributed by atoms with Crippen LogP contribution in [0.5, 0.6) is 0 Å². The molecule has 1 unspecified atom stereocenters. The molecule has 19 heavy (non-hydrogen) atoms. The van der Waals surface area contributed by atoms with Gasteiger partial charge in [-0.25, -0.2) is 4.39 Å². The average Bonchev–Trinajstić information content (AvgIpc) is 2.43. The van der Waals surface area contributed by atoms with Crippen molar-refractivity contribution in [3.63, 3.8) is 0 Å². The lowest BCUT2D eigenvalue weighted by atomic mass is 10.2. The molecule has 0 aliphatic heterocycles. The van der Waals surface area contributed by atoms with Crippen LogP contribution >= 0.6 is 0 Å². The van der Waals surface area contributed by atoms with Crippen LogP contribution in [0.3, 0.4) is 0 Å². The lowest BCUT2D eigenvalue weighted by Crippen LogP contribution is -2.45. The molecule has 1 rings (SSSR count). The maximum absolute atomic E-state index is 12.7. The molecular weight excluding hydrogens is 247 g/mol. The molecule has 2 N–H and O–H groups in total. The summed E-state index contributed by atoms with van der Waals surface area (Å²) in [5, 5.41) is 11.7. The van der Waals surface area contributed by atoms with Crippen LogP contribution in [0.15, 0.2) is 24.3 Å². The monoisotopic (exact) mass is 268 g/mol. The van der Waals surface area contributed by atoms with E-state index in [1.54, 1.807) is 19.1 Å². The molecule has 1 atom stereocenters. The van der Waals surface area contributed by atoms with Gasteiger partial charge in [-0.2, -0.15) is 0 Å². The summed E-state index contributed by atoms with van der Waals surface area (Å²) in [6.07, 6.45) is 0. The van der Waals surface area contributed by atoms with Gasteiger partial charge in [0.1, 0.15) is 5.82 Å². The second kappa shape index (κ2) is 7.86. The molecule has 0 fully saturated rings. The van der Waals surface area contributed by atoms with Gasteiger partial charge in [0.05, 0.1) is 12.6 Å². The minimum atomic E-state index is -0.294. The van der Waals surface area contributed by atoms with E-state index >= 15 is 0 Å². The number of hydrogen-bond acceptors (Lipinski definition) is 3. The molecule has 106 valence electrons. The van der Waals surface area contributed by atoms with Crippen molar-refractivity contribution in [2.45, 2.75) is 26.4 Å². The molecule has 0 spiro atoms. The van der Waals surface area contributed by atoms with Crippen molar-refractivity contribution in [1.29, 1.82) is 0 Å². The number of carbonyl (C=O) groups excluding carboxylic acids is 1. The minimum absolute atomic E-state index is 0.0312. The number of nitrogens with one attached hydrogen (secondary N) is 1. The van der Waals surface area contributed by atoms with Gasteiger partial charge in [-0.15, -0.1) is 0 Å². The first-order valence-corrected chi connectivity index (χ1v) is 6.45. The van der Waals surface area contributed by atoms with Gasteiger partial charge in [-0.3, -0.25) is 9.69 Å². The topological polar surface area (TPSA) is 52.6 Å². The van der Waals surface area contributed by atoms with E-state index in [1.165, 1.54) is 12.1 Å². The van der Waals surface area contributed by atoms with Crippen molar-refractivity contribution in [3.05, 3.63) is 35.6 Å². The highest BCUT2D eigenvalue weighted by atomic mass is 19.1.